The van der Waals surface area contributed by atoms with Gasteiger partial charge >= 0.3 is 0 Å². The zero-order valence-corrected chi connectivity index (χ0v) is 12.2. The first-order valence-corrected chi connectivity index (χ1v) is 7.45. The maximum atomic E-state index is 3.43. The zero-order valence-electron chi connectivity index (χ0n) is 12.2. The minimum absolute atomic E-state index is 0.799. The number of nitrogens with zero attached hydrogens (tertiary/aromatic N) is 2. The summed E-state index contributed by atoms with van der Waals surface area (Å²) in [5.41, 5.74) is 4.24. The molecule has 2 aliphatic heterocycles. The first-order chi connectivity index (χ1) is 9.20. The Morgan fingerprint density at radius 2 is 1.68 bits per heavy atom. The summed E-state index contributed by atoms with van der Waals surface area (Å²) in [4.78, 5) is 5.22. The molecule has 3 nitrogen and oxygen atoms in total. The van der Waals surface area contributed by atoms with E-state index in [1.54, 1.807) is 0 Å². The third kappa shape index (κ3) is 3.16. The summed E-state index contributed by atoms with van der Waals surface area (Å²) in [5.74, 6) is 0. The van der Waals surface area contributed by atoms with E-state index in [0.29, 0.717) is 0 Å². The monoisotopic (exact) mass is 259 g/mol. The molecule has 1 aromatic carbocycles. The molecule has 2 aliphatic rings. The Balaban J connectivity index is 1.50. The maximum Gasteiger partial charge on any atom is 0.0351 e. The van der Waals surface area contributed by atoms with Crippen molar-refractivity contribution in [2.45, 2.75) is 26.4 Å². The smallest absolute Gasteiger partial charge is 0.0351 e. The lowest BCUT2D eigenvalue weighted by atomic mass is 10.0. The number of likely N-dealkylation sites (tertiary alicyclic amines) is 1. The van der Waals surface area contributed by atoms with Crippen LogP contribution in [0.3, 0.4) is 0 Å². The molecule has 0 bridgehead atoms. The second-order valence-electron chi connectivity index (χ2n) is 6.13. The molecule has 2 fully saturated rings. The van der Waals surface area contributed by atoms with Gasteiger partial charge in [-0.1, -0.05) is 29.3 Å². The van der Waals surface area contributed by atoms with Crippen molar-refractivity contribution >= 4 is 0 Å². The van der Waals surface area contributed by atoms with Crippen LogP contribution in [0.15, 0.2) is 18.2 Å². The van der Waals surface area contributed by atoms with Crippen molar-refractivity contribution in [2.75, 3.05) is 39.3 Å². The quantitative estimate of drug-likeness (QED) is 0.885. The average molecular weight is 259 g/mol. The summed E-state index contributed by atoms with van der Waals surface area (Å²) >= 11 is 0. The van der Waals surface area contributed by atoms with Gasteiger partial charge in [-0.15, -0.1) is 0 Å². The Labute approximate surface area is 116 Å². The minimum atomic E-state index is 0.799. The summed E-state index contributed by atoms with van der Waals surface area (Å²) in [5, 5.41) is 3.43. The molecular formula is C16H25N3. The molecule has 0 saturated carbocycles. The highest BCUT2D eigenvalue weighted by Crippen LogP contribution is 2.19. The van der Waals surface area contributed by atoms with Gasteiger partial charge < -0.3 is 5.32 Å². The van der Waals surface area contributed by atoms with Crippen LogP contribution in [0.1, 0.15) is 16.7 Å². The first-order valence-electron chi connectivity index (χ1n) is 7.45. The lowest BCUT2D eigenvalue weighted by Gasteiger charge is -2.47. The molecule has 0 aliphatic carbocycles. The average Bonchev–Trinajstić information content (AvgIpc) is 2.33. The van der Waals surface area contributed by atoms with Crippen LogP contribution in [0, 0.1) is 13.8 Å². The lowest BCUT2D eigenvalue weighted by Crippen LogP contribution is -2.62. The SMILES string of the molecule is Cc1cc(C)cc(CN2CC(N3CCNCC3)C2)c1. The van der Waals surface area contributed by atoms with E-state index in [-0.39, 0.29) is 0 Å². The number of piperazine rings is 1. The van der Waals surface area contributed by atoms with Crippen LogP contribution in [0.5, 0.6) is 0 Å². The molecule has 1 N–H and O–H groups in total. The third-order valence-corrected chi connectivity index (χ3v) is 4.29. The number of benzene rings is 1. The van der Waals surface area contributed by atoms with Crippen LogP contribution in [-0.4, -0.2) is 55.1 Å². The molecule has 0 spiro atoms. The molecule has 3 heteroatoms. The van der Waals surface area contributed by atoms with Gasteiger partial charge in [0.2, 0.25) is 0 Å². The van der Waals surface area contributed by atoms with Crippen LogP contribution in [-0.2, 0) is 6.54 Å². The number of hydrogen-bond donors (Lipinski definition) is 1. The van der Waals surface area contributed by atoms with Crippen LogP contribution < -0.4 is 5.32 Å². The molecule has 3 rings (SSSR count). The van der Waals surface area contributed by atoms with Crippen molar-refractivity contribution in [1.29, 1.82) is 0 Å². The third-order valence-electron chi connectivity index (χ3n) is 4.29. The van der Waals surface area contributed by atoms with Crippen LogP contribution >= 0.6 is 0 Å². The number of hydrogen-bond acceptors (Lipinski definition) is 3. The molecule has 19 heavy (non-hydrogen) atoms. The zero-order chi connectivity index (χ0) is 13.2. The van der Waals surface area contributed by atoms with Crippen LogP contribution in [0.2, 0.25) is 0 Å². The van der Waals surface area contributed by atoms with E-state index >= 15 is 0 Å². The van der Waals surface area contributed by atoms with Gasteiger partial charge in [0.05, 0.1) is 0 Å². The Hall–Kier alpha value is -0.900. The first kappa shape index (κ1) is 13.1. The molecule has 2 saturated heterocycles. The molecule has 2 heterocycles. The molecular weight excluding hydrogens is 234 g/mol. The lowest BCUT2D eigenvalue weighted by molar-refractivity contribution is 0.0223. The summed E-state index contributed by atoms with van der Waals surface area (Å²) in [6.45, 7) is 12.8. The standard InChI is InChI=1S/C16H25N3/c1-13-7-14(2)9-15(8-13)10-18-11-16(12-18)19-5-3-17-4-6-19/h7-9,16-17H,3-6,10-12H2,1-2H3. The van der Waals surface area contributed by atoms with E-state index < -0.39 is 0 Å². The Bertz CT molecular complexity index is 411. The Kier molecular flexibility index (Phi) is 3.87. The van der Waals surface area contributed by atoms with Gasteiger partial charge in [0.15, 0.2) is 0 Å². The van der Waals surface area contributed by atoms with Crippen molar-refractivity contribution < 1.29 is 0 Å². The van der Waals surface area contributed by atoms with Gasteiger partial charge in [-0.05, 0) is 19.4 Å². The van der Waals surface area contributed by atoms with Crippen molar-refractivity contribution in [3.8, 4) is 0 Å². The molecule has 0 aromatic heterocycles. The fourth-order valence-electron chi connectivity index (χ4n) is 3.37. The van der Waals surface area contributed by atoms with Crippen molar-refractivity contribution in [3.05, 3.63) is 34.9 Å². The number of nitrogens with one attached hydrogen (secondary N) is 1. The van der Waals surface area contributed by atoms with Gasteiger partial charge in [-0.2, -0.15) is 0 Å². The van der Waals surface area contributed by atoms with Gasteiger partial charge in [0, 0.05) is 51.9 Å². The number of aryl methyl sites for hydroxylation is 2. The molecule has 0 atom stereocenters. The van der Waals surface area contributed by atoms with E-state index in [9.17, 15) is 0 Å². The molecule has 104 valence electrons. The summed E-state index contributed by atoms with van der Waals surface area (Å²) < 4.78 is 0. The Morgan fingerprint density at radius 3 is 2.32 bits per heavy atom. The van der Waals surface area contributed by atoms with Gasteiger partial charge in [0.1, 0.15) is 0 Å². The predicted molar refractivity (Wildman–Crippen MR) is 79.4 cm³/mol. The van der Waals surface area contributed by atoms with E-state index in [1.807, 2.05) is 0 Å². The fourth-order valence-corrected chi connectivity index (χ4v) is 3.37. The van der Waals surface area contributed by atoms with Crippen molar-refractivity contribution in [3.63, 3.8) is 0 Å². The maximum absolute atomic E-state index is 3.43. The summed E-state index contributed by atoms with van der Waals surface area (Å²) in [6, 6.07) is 7.70. The fraction of sp³-hybridized carbons (Fsp3) is 0.625. The molecule has 0 unspecified atom stereocenters. The highest BCUT2D eigenvalue weighted by Gasteiger charge is 2.31. The van der Waals surface area contributed by atoms with Crippen molar-refractivity contribution in [1.82, 2.24) is 15.1 Å². The van der Waals surface area contributed by atoms with E-state index in [0.717, 1.165) is 25.7 Å². The van der Waals surface area contributed by atoms with Crippen LogP contribution in [0.25, 0.3) is 0 Å². The molecule has 0 amide bonds. The van der Waals surface area contributed by atoms with E-state index in [4.69, 9.17) is 0 Å². The molecule has 0 radical (unpaired) electrons. The predicted octanol–water partition coefficient (Wildman–Crippen LogP) is 1.39. The van der Waals surface area contributed by atoms with E-state index in [1.165, 1.54) is 42.9 Å². The topological polar surface area (TPSA) is 18.5 Å². The highest BCUT2D eigenvalue weighted by molar-refractivity contribution is 5.28. The highest BCUT2D eigenvalue weighted by atomic mass is 15.3. The Morgan fingerprint density at radius 1 is 1.05 bits per heavy atom. The van der Waals surface area contributed by atoms with Crippen molar-refractivity contribution in [2.24, 2.45) is 0 Å². The normalized spacial score (nSPS) is 22.4. The summed E-state index contributed by atoms with van der Waals surface area (Å²) in [6.07, 6.45) is 0. The second-order valence-corrected chi connectivity index (χ2v) is 6.13. The van der Waals surface area contributed by atoms with Gasteiger partial charge in [0.25, 0.3) is 0 Å². The van der Waals surface area contributed by atoms with Gasteiger partial charge in [-0.25, -0.2) is 0 Å². The minimum Gasteiger partial charge on any atom is -0.314 e. The van der Waals surface area contributed by atoms with E-state index in [2.05, 4.69) is 47.2 Å². The van der Waals surface area contributed by atoms with Crippen LogP contribution in [0.4, 0.5) is 0 Å². The van der Waals surface area contributed by atoms with Gasteiger partial charge in [-0.3, -0.25) is 9.80 Å². The second kappa shape index (κ2) is 5.61. The molecule has 1 aromatic rings. The number of rotatable bonds is 3. The largest absolute Gasteiger partial charge is 0.314 e. The summed E-state index contributed by atoms with van der Waals surface area (Å²) in [7, 11) is 0.